The molecule has 0 unspecified atom stereocenters. The lowest BCUT2D eigenvalue weighted by atomic mass is 9.79. The van der Waals surface area contributed by atoms with Crippen molar-refractivity contribution in [2.24, 2.45) is 0 Å². The second-order valence-corrected chi connectivity index (χ2v) is 22.2. The van der Waals surface area contributed by atoms with Crippen molar-refractivity contribution in [3.8, 4) is 56.4 Å². The molecular formula is C71H56B2BrN2O8. The van der Waals surface area contributed by atoms with Crippen molar-refractivity contribution in [1.82, 2.24) is 0 Å². The second kappa shape index (κ2) is 22.4. The monoisotopic (exact) mass is 1170 g/mol. The van der Waals surface area contributed by atoms with Gasteiger partial charge in [-0.05, 0) is 170 Å². The van der Waals surface area contributed by atoms with Gasteiger partial charge >= 0.3 is 7.12 Å². The molecule has 5 aliphatic rings. The van der Waals surface area contributed by atoms with Crippen molar-refractivity contribution < 1.29 is 39.4 Å². The van der Waals surface area contributed by atoms with Crippen LogP contribution >= 0.6 is 15.9 Å². The van der Waals surface area contributed by atoms with Crippen molar-refractivity contribution >= 4 is 94.2 Å². The van der Waals surface area contributed by atoms with Crippen LogP contribution in [0.5, 0.6) is 23.0 Å². The van der Waals surface area contributed by atoms with E-state index in [0.29, 0.717) is 22.3 Å². The Balaban J connectivity index is 0.000000147. The number of Topliss-reactive ketones (excluding diaryl/α,β-unsaturated/α-hetero) is 4. The predicted molar refractivity (Wildman–Crippen MR) is 340 cm³/mol. The van der Waals surface area contributed by atoms with Gasteiger partial charge in [-0.2, -0.15) is 0 Å². The molecule has 15 rings (SSSR count). The van der Waals surface area contributed by atoms with Crippen LogP contribution in [0, 0.1) is 0 Å². The molecule has 0 aromatic heterocycles. The molecule has 0 spiro atoms. The zero-order chi connectivity index (χ0) is 56.4. The molecule has 10 aromatic carbocycles. The largest absolute Gasteiger partial charge is 0.494 e. The molecule has 1 saturated heterocycles. The van der Waals surface area contributed by atoms with Crippen LogP contribution in [0.1, 0.15) is 78.0 Å². The van der Waals surface area contributed by atoms with Gasteiger partial charge in [-0.1, -0.05) is 151 Å². The van der Waals surface area contributed by atoms with E-state index in [2.05, 4.69) is 126 Å². The van der Waals surface area contributed by atoms with E-state index in [9.17, 15) is 19.2 Å². The number of para-hydroxylation sites is 8. The summed E-state index contributed by atoms with van der Waals surface area (Å²) in [6, 6.07) is 74.5. The molecule has 13 heteroatoms. The minimum Gasteiger partial charge on any atom is -0.453 e. The summed E-state index contributed by atoms with van der Waals surface area (Å²) < 4.78 is 25.5. The standard InChI is InChI=1S/C32H19NO3.C24H24BNO3.C14H7BrO2.CH4.B.H2/c34-31-24-8-2-1-7-23(24)26-19-21(15-18-25(26)32(31)35)20-13-16-22(17-14-20)33-27-9-3-5-11-29(27)36-30-12-6-4-10-28(30)33;1-23(2)24(3,4)29-25(28-23)17-13-15-18(16-14-17)26-19-9-5-7-11-21(19)27-22-12-8-6-10-20(22)26;15-8-5-6-11-12(7-8)9-3-1-2-4-10(9)13(16)14(11)17;;;/h1-19H;5-16H,1-4H3;1-7H;1H4;;1H/i;;;;;1+1. The maximum Gasteiger partial charge on any atom is 0.494 e. The highest BCUT2D eigenvalue weighted by Gasteiger charge is 2.51. The molecule has 3 heterocycles. The van der Waals surface area contributed by atoms with Crippen molar-refractivity contribution in [2.45, 2.75) is 46.3 Å². The average Bonchev–Trinajstić information content (AvgIpc) is 2.27. The number of fused-ring (bicyclic) bond motifs is 10. The molecule has 2 aliphatic carbocycles. The van der Waals surface area contributed by atoms with Gasteiger partial charge in [-0.15, -0.1) is 0 Å². The lowest BCUT2D eigenvalue weighted by Crippen LogP contribution is -2.41. The average molecular weight is 1170 g/mol. The van der Waals surface area contributed by atoms with Gasteiger partial charge in [0.25, 0.3) is 0 Å². The fourth-order valence-electron chi connectivity index (χ4n) is 10.9. The minimum absolute atomic E-state index is 0. The Morgan fingerprint density at radius 1 is 0.369 bits per heavy atom. The van der Waals surface area contributed by atoms with E-state index in [1.165, 1.54) is 0 Å². The summed E-state index contributed by atoms with van der Waals surface area (Å²) in [6.45, 7) is 8.29. The first kappa shape index (κ1) is 56.5. The van der Waals surface area contributed by atoms with E-state index in [1.807, 2.05) is 115 Å². The maximum atomic E-state index is 12.7. The molecular weight excluding hydrogens is 1110 g/mol. The SMILES string of the molecule is C.CC1(C)OB(c2ccc(N3c4ccccc4Oc4ccccc43)cc2)OC1(C)C.O=C1C(=O)c2ccc(-c3ccc(N4c5ccccc5Oc5ccccc54)cc3)cc2-c2ccccc21.O=C1C(=O)c2ccc(Br)cc2-c2ccccc21.[2HH].[B]. The summed E-state index contributed by atoms with van der Waals surface area (Å²) >= 11 is 3.38. The smallest absolute Gasteiger partial charge is 0.453 e. The minimum atomic E-state index is -0.449. The zero-order valence-corrected chi connectivity index (χ0v) is 47.2. The first-order chi connectivity index (χ1) is 39.7. The van der Waals surface area contributed by atoms with E-state index in [0.717, 1.165) is 100 Å². The summed E-state index contributed by atoms with van der Waals surface area (Å²) in [7, 11) is -0.363. The molecule has 0 amide bonds. The van der Waals surface area contributed by atoms with Gasteiger partial charge in [0, 0.05) is 47.9 Å². The van der Waals surface area contributed by atoms with Crippen LogP contribution in [0.3, 0.4) is 0 Å². The molecule has 3 aliphatic heterocycles. The molecule has 0 bridgehead atoms. The third kappa shape index (κ3) is 9.93. The van der Waals surface area contributed by atoms with Crippen molar-refractivity contribution in [1.29, 1.82) is 0 Å². The highest BCUT2D eigenvalue weighted by atomic mass is 79.9. The van der Waals surface area contributed by atoms with Crippen LogP contribution in [0.15, 0.2) is 235 Å². The number of carbonyl (C=O) groups is 4. The van der Waals surface area contributed by atoms with Gasteiger partial charge in [0.15, 0.2) is 23.0 Å². The number of rotatable bonds is 4. The molecule has 3 radical (unpaired) electrons. The molecule has 0 saturated carbocycles. The summed E-state index contributed by atoms with van der Waals surface area (Å²) in [5, 5.41) is 0. The molecule has 10 aromatic rings. The first-order valence-electron chi connectivity index (χ1n) is 26.9. The number of benzene rings is 10. The van der Waals surface area contributed by atoms with E-state index in [1.54, 1.807) is 42.5 Å². The maximum absolute atomic E-state index is 12.7. The van der Waals surface area contributed by atoms with Gasteiger partial charge in [-0.3, -0.25) is 19.2 Å². The molecule has 0 atom stereocenters. The fraction of sp³-hybridized carbons (Fsp3) is 0.0986. The van der Waals surface area contributed by atoms with E-state index in [4.69, 9.17) is 18.8 Å². The van der Waals surface area contributed by atoms with Crippen LogP contribution in [-0.2, 0) is 9.31 Å². The number of ether oxygens (including phenoxy) is 2. The first-order valence-corrected chi connectivity index (χ1v) is 27.7. The summed E-state index contributed by atoms with van der Waals surface area (Å²) in [5.74, 6) is 1.58. The van der Waals surface area contributed by atoms with E-state index in [-0.39, 0.29) is 35.6 Å². The fourth-order valence-corrected chi connectivity index (χ4v) is 11.3. The second-order valence-electron chi connectivity index (χ2n) is 21.3. The van der Waals surface area contributed by atoms with Gasteiger partial charge < -0.3 is 28.6 Å². The zero-order valence-electron chi connectivity index (χ0n) is 45.6. The lowest BCUT2D eigenvalue weighted by Gasteiger charge is -2.32. The molecule has 84 heavy (non-hydrogen) atoms. The number of hydrogen-bond donors (Lipinski definition) is 0. The van der Waals surface area contributed by atoms with Crippen molar-refractivity contribution in [3.05, 3.63) is 257 Å². The Morgan fingerprint density at radius 3 is 1.11 bits per heavy atom. The van der Waals surface area contributed by atoms with Crippen LogP contribution in [0.25, 0.3) is 33.4 Å². The number of hydrogen-bond acceptors (Lipinski definition) is 10. The quantitative estimate of drug-likeness (QED) is 0.125. The molecule has 1 fully saturated rings. The summed E-state index contributed by atoms with van der Waals surface area (Å²) in [6.07, 6.45) is 0. The van der Waals surface area contributed by atoms with Crippen LogP contribution in [0.4, 0.5) is 34.1 Å². The Kier molecular flexibility index (Phi) is 15.1. The van der Waals surface area contributed by atoms with Gasteiger partial charge in [0.1, 0.15) is 0 Å². The Morgan fingerprint density at radius 2 is 0.690 bits per heavy atom. The van der Waals surface area contributed by atoms with Gasteiger partial charge in [0.2, 0.25) is 23.1 Å². The molecule has 411 valence electrons. The number of carbonyl (C=O) groups excluding carboxylic acids is 4. The number of halogens is 1. The summed E-state index contributed by atoms with van der Waals surface area (Å²) in [5.41, 5.74) is 13.6. The van der Waals surface area contributed by atoms with Crippen molar-refractivity contribution in [3.63, 3.8) is 0 Å². The third-order valence-electron chi connectivity index (χ3n) is 15.8. The number of anilines is 6. The normalized spacial score (nSPS) is 14.8. The Hall–Kier alpha value is -9.39. The van der Waals surface area contributed by atoms with Crippen LogP contribution in [0.2, 0.25) is 0 Å². The molecule has 0 N–H and O–H groups in total. The van der Waals surface area contributed by atoms with E-state index < -0.39 is 23.1 Å². The number of ketones is 4. The van der Waals surface area contributed by atoms with Crippen LogP contribution < -0.4 is 24.7 Å². The van der Waals surface area contributed by atoms with Crippen LogP contribution in [-0.4, -0.2) is 49.9 Å². The van der Waals surface area contributed by atoms with Gasteiger partial charge in [-0.25, -0.2) is 0 Å². The predicted octanol–water partition coefficient (Wildman–Crippen LogP) is 17.5. The van der Waals surface area contributed by atoms with E-state index >= 15 is 0 Å². The summed E-state index contributed by atoms with van der Waals surface area (Å²) in [4.78, 5) is 53.5. The number of nitrogens with zero attached hydrogens (tertiary/aromatic N) is 2. The molecule has 10 nitrogen and oxygen atoms in total. The lowest BCUT2D eigenvalue weighted by molar-refractivity contribution is 0.00578. The topological polar surface area (TPSA) is 112 Å². The highest BCUT2D eigenvalue weighted by molar-refractivity contribution is 9.10. The third-order valence-corrected chi connectivity index (χ3v) is 16.3. The Labute approximate surface area is 500 Å². The highest BCUT2D eigenvalue weighted by Crippen LogP contribution is 2.52. The van der Waals surface area contributed by atoms with Crippen molar-refractivity contribution in [2.75, 3.05) is 9.80 Å². The Bertz CT molecular complexity index is 4160. The van der Waals surface area contributed by atoms with Gasteiger partial charge in [0.05, 0.1) is 34.0 Å².